The third-order valence-electron chi connectivity index (χ3n) is 5.68. The number of nitrogens with zero attached hydrogens (tertiary/aromatic N) is 5. The van der Waals surface area contributed by atoms with E-state index in [9.17, 15) is 8.42 Å². The molecule has 0 unspecified atom stereocenters. The molecule has 1 fully saturated rings. The van der Waals surface area contributed by atoms with Gasteiger partial charge < -0.3 is 18.8 Å². The maximum atomic E-state index is 13.4. The van der Waals surface area contributed by atoms with Crippen molar-refractivity contribution >= 4 is 21.4 Å². The Morgan fingerprint density at radius 1 is 1.22 bits per heavy atom. The van der Waals surface area contributed by atoms with Gasteiger partial charge in [0, 0.05) is 25.5 Å². The first-order chi connectivity index (χ1) is 15.3. The van der Waals surface area contributed by atoms with Crippen molar-refractivity contribution in [2.45, 2.75) is 62.9 Å². The minimum absolute atomic E-state index is 0.0452. The van der Waals surface area contributed by atoms with Crippen molar-refractivity contribution in [1.82, 2.24) is 24.7 Å². The number of rotatable bonds is 10. The highest BCUT2D eigenvalue weighted by atomic mass is 35.5. The average molecular weight is 488 g/mol. The molecule has 12 heteroatoms. The van der Waals surface area contributed by atoms with Gasteiger partial charge in [0.2, 0.25) is 0 Å². The minimum Gasteiger partial charge on any atom is -0.376 e. The Kier molecular flexibility index (Phi) is 8.56. The molecule has 32 heavy (non-hydrogen) atoms. The third kappa shape index (κ3) is 5.45. The first-order valence-electron chi connectivity index (χ1n) is 10.7. The van der Waals surface area contributed by atoms with Gasteiger partial charge in [0.1, 0.15) is 23.8 Å². The number of methoxy groups -OCH3 is 1. The molecule has 1 saturated heterocycles. The molecule has 178 valence electrons. The number of aromatic nitrogens is 5. The van der Waals surface area contributed by atoms with E-state index in [2.05, 4.69) is 34.0 Å². The van der Waals surface area contributed by atoms with E-state index in [4.69, 9.17) is 25.8 Å². The zero-order valence-electron chi connectivity index (χ0n) is 18.8. The van der Waals surface area contributed by atoms with Crippen LogP contribution in [0.1, 0.15) is 69.3 Å². The lowest BCUT2D eigenvalue weighted by Gasteiger charge is -2.26. The highest BCUT2D eigenvalue weighted by molar-refractivity contribution is 7.91. The molecule has 1 aliphatic rings. The second-order valence-corrected chi connectivity index (χ2v) is 10.5. The van der Waals surface area contributed by atoms with E-state index in [1.807, 2.05) is 4.57 Å². The van der Waals surface area contributed by atoms with Gasteiger partial charge >= 0.3 is 0 Å². The van der Waals surface area contributed by atoms with Gasteiger partial charge in [-0.1, -0.05) is 25.4 Å². The molecule has 2 aromatic heterocycles. The number of sulfone groups is 1. The summed E-state index contributed by atoms with van der Waals surface area (Å²) in [5.74, 6) is 0.934. The average Bonchev–Trinajstić information content (AvgIpc) is 3.19. The van der Waals surface area contributed by atoms with Gasteiger partial charge in [-0.05, 0) is 19.8 Å². The van der Waals surface area contributed by atoms with Crippen LogP contribution in [0.15, 0.2) is 12.4 Å². The Labute approximate surface area is 193 Å². The maximum Gasteiger partial charge on any atom is 0.164 e. The SMILES string of the molecule is CCC(CC)n1c(CS(=O)(=O)[C@@H](C)[C@H](OC)c2ncc(Cl)cn2)nnc1[C@H]1COCCO1. The van der Waals surface area contributed by atoms with Crippen molar-refractivity contribution in [3.05, 3.63) is 34.9 Å². The lowest BCUT2D eigenvalue weighted by Crippen LogP contribution is -2.31. The summed E-state index contributed by atoms with van der Waals surface area (Å²) in [6.45, 7) is 7.03. The van der Waals surface area contributed by atoms with Crippen molar-refractivity contribution in [3.8, 4) is 0 Å². The third-order valence-corrected chi connectivity index (χ3v) is 7.91. The van der Waals surface area contributed by atoms with Crippen LogP contribution in [-0.2, 0) is 29.8 Å². The monoisotopic (exact) mass is 487 g/mol. The molecule has 0 aromatic carbocycles. The molecule has 0 aliphatic carbocycles. The first kappa shape index (κ1) is 25.0. The molecule has 3 heterocycles. The summed E-state index contributed by atoms with van der Waals surface area (Å²) in [4.78, 5) is 8.27. The van der Waals surface area contributed by atoms with Crippen LogP contribution in [-0.4, -0.2) is 65.3 Å². The highest BCUT2D eigenvalue weighted by Crippen LogP contribution is 2.30. The van der Waals surface area contributed by atoms with Crippen LogP contribution >= 0.6 is 11.6 Å². The second kappa shape index (κ2) is 11.0. The summed E-state index contributed by atoms with van der Waals surface area (Å²) in [7, 11) is -2.28. The van der Waals surface area contributed by atoms with Crippen LogP contribution in [0.2, 0.25) is 5.02 Å². The van der Waals surface area contributed by atoms with Gasteiger partial charge in [0.15, 0.2) is 21.5 Å². The van der Waals surface area contributed by atoms with E-state index >= 15 is 0 Å². The molecule has 0 saturated carbocycles. The van der Waals surface area contributed by atoms with Crippen LogP contribution in [0.5, 0.6) is 0 Å². The molecular formula is C20H30ClN5O5S. The van der Waals surface area contributed by atoms with Crippen LogP contribution < -0.4 is 0 Å². The first-order valence-corrected chi connectivity index (χ1v) is 12.8. The summed E-state index contributed by atoms with van der Waals surface area (Å²) in [5.41, 5.74) is 0. The number of hydrogen-bond donors (Lipinski definition) is 0. The predicted octanol–water partition coefficient (Wildman–Crippen LogP) is 2.86. The molecule has 3 atom stereocenters. The fourth-order valence-corrected chi connectivity index (χ4v) is 5.35. The van der Waals surface area contributed by atoms with Gasteiger partial charge in [-0.25, -0.2) is 18.4 Å². The fourth-order valence-electron chi connectivity index (χ4n) is 3.82. The number of halogens is 1. The van der Waals surface area contributed by atoms with Gasteiger partial charge in [0.05, 0.1) is 30.1 Å². The summed E-state index contributed by atoms with van der Waals surface area (Å²) in [6, 6.07) is 0.0452. The fraction of sp³-hybridized carbons (Fsp3) is 0.700. The molecule has 0 amide bonds. The second-order valence-electron chi connectivity index (χ2n) is 7.68. The van der Waals surface area contributed by atoms with E-state index in [0.29, 0.717) is 36.5 Å². The Morgan fingerprint density at radius 2 is 1.91 bits per heavy atom. The van der Waals surface area contributed by atoms with E-state index in [0.717, 1.165) is 12.8 Å². The van der Waals surface area contributed by atoms with E-state index in [1.165, 1.54) is 19.5 Å². The summed E-state index contributed by atoms with van der Waals surface area (Å²) < 4.78 is 45.5. The molecule has 0 bridgehead atoms. The van der Waals surface area contributed by atoms with Crippen molar-refractivity contribution in [1.29, 1.82) is 0 Å². The number of ether oxygens (including phenoxy) is 3. The van der Waals surface area contributed by atoms with Crippen LogP contribution in [0, 0.1) is 0 Å². The lowest BCUT2D eigenvalue weighted by atomic mass is 10.1. The van der Waals surface area contributed by atoms with E-state index in [-0.39, 0.29) is 23.7 Å². The Bertz CT molecular complexity index is 975. The van der Waals surface area contributed by atoms with Crippen LogP contribution in [0.3, 0.4) is 0 Å². The van der Waals surface area contributed by atoms with Gasteiger partial charge in [-0.3, -0.25) is 0 Å². The van der Waals surface area contributed by atoms with Crippen LogP contribution in [0.25, 0.3) is 0 Å². The van der Waals surface area contributed by atoms with Gasteiger partial charge in [0.25, 0.3) is 0 Å². The quantitative estimate of drug-likeness (QED) is 0.498. The Hall–Kier alpha value is -1.66. The van der Waals surface area contributed by atoms with Crippen LogP contribution in [0.4, 0.5) is 0 Å². The standard InChI is InChI=1S/C20H30ClN5O5S/c1-5-15(6-2)26-17(24-25-20(26)16-11-30-7-8-31-16)12-32(27,28)13(3)18(29-4)19-22-9-14(21)10-23-19/h9-10,13,15-16,18H,5-8,11-12H2,1-4H3/t13-,16+,18-/m0/s1. The highest BCUT2D eigenvalue weighted by Gasteiger charge is 2.36. The van der Waals surface area contributed by atoms with Gasteiger partial charge in [-0.15, -0.1) is 10.2 Å². The predicted molar refractivity (Wildman–Crippen MR) is 118 cm³/mol. The Balaban J connectivity index is 1.91. The molecule has 0 radical (unpaired) electrons. The lowest BCUT2D eigenvalue weighted by molar-refractivity contribution is -0.0952. The smallest absolute Gasteiger partial charge is 0.164 e. The normalized spacial score (nSPS) is 19.2. The Morgan fingerprint density at radius 3 is 2.47 bits per heavy atom. The molecule has 0 spiro atoms. The van der Waals surface area contributed by atoms with Crippen molar-refractivity contribution in [3.63, 3.8) is 0 Å². The molecule has 3 rings (SSSR count). The topological polar surface area (TPSA) is 118 Å². The summed E-state index contributed by atoms with van der Waals surface area (Å²) in [5, 5.41) is 8.00. The van der Waals surface area contributed by atoms with Crippen molar-refractivity contribution in [2.75, 3.05) is 26.9 Å². The molecule has 1 aliphatic heterocycles. The van der Waals surface area contributed by atoms with E-state index in [1.54, 1.807) is 6.92 Å². The molecular weight excluding hydrogens is 458 g/mol. The molecule has 10 nitrogen and oxygen atoms in total. The molecule has 0 N–H and O–H groups in total. The van der Waals surface area contributed by atoms with Gasteiger partial charge in [-0.2, -0.15) is 0 Å². The van der Waals surface area contributed by atoms with E-state index < -0.39 is 21.2 Å². The largest absolute Gasteiger partial charge is 0.376 e. The summed E-state index contributed by atoms with van der Waals surface area (Å²) in [6.07, 6.45) is 3.21. The van der Waals surface area contributed by atoms with Crippen molar-refractivity contribution in [2.24, 2.45) is 0 Å². The minimum atomic E-state index is -3.71. The zero-order valence-corrected chi connectivity index (χ0v) is 20.3. The molecule has 2 aromatic rings. The number of hydrogen-bond acceptors (Lipinski definition) is 9. The maximum absolute atomic E-state index is 13.4. The van der Waals surface area contributed by atoms with Crippen molar-refractivity contribution < 1.29 is 22.6 Å². The zero-order chi connectivity index (χ0) is 23.3. The summed E-state index contributed by atoms with van der Waals surface area (Å²) >= 11 is 5.86.